The third kappa shape index (κ3) is 2.60. The number of benzene rings is 3. The zero-order valence-corrected chi connectivity index (χ0v) is 14.5. The maximum absolute atomic E-state index is 12.1. The fourth-order valence-corrected chi connectivity index (χ4v) is 3.23. The number of nitro groups is 1. The number of anilines is 2. The molecule has 1 N–H and O–H groups in total. The number of nitro benzene ring substituents is 1. The van der Waals surface area contributed by atoms with Crippen LogP contribution in [-0.2, 0) is 4.74 Å². The molecule has 0 unspecified atom stereocenters. The molecule has 0 saturated heterocycles. The standard InChI is InChI=1S/C20H14N2O5/c1-10-6-7-12(8-11(10)2)21-18-13-4-3-5-14-17(13)15(9-16(18)22(25)26)20(24)27-19(14)23/h3-9,21H,1-2H3. The van der Waals surface area contributed by atoms with Crippen molar-refractivity contribution in [1.82, 2.24) is 0 Å². The number of cyclic esters (lactones) is 2. The minimum atomic E-state index is -0.885. The first-order chi connectivity index (χ1) is 12.9. The first-order valence-electron chi connectivity index (χ1n) is 8.21. The second-order valence-electron chi connectivity index (χ2n) is 6.40. The Labute approximate surface area is 153 Å². The van der Waals surface area contributed by atoms with E-state index in [2.05, 4.69) is 5.32 Å². The van der Waals surface area contributed by atoms with Gasteiger partial charge in [-0.2, -0.15) is 0 Å². The number of carbonyl (C=O) groups excluding carboxylic acids is 2. The highest BCUT2D eigenvalue weighted by Gasteiger charge is 2.32. The first-order valence-corrected chi connectivity index (χ1v) is 8.21. The molecule has 0 saturated carbocycles. The maximum atomic E-state index is 12.1. The summed E-state index contributed by atoms with van der Waals surface area (Å²) in [6, 6.07) is 11.6. The van der Waals surface area contributed by atoms with E-state index >= 15 is 0 Å². The van der Waals surface area contributed by atoms with Crippen LogP contribution in [0.5, 0.6) is 0 Å². The molecule has 1 heterocycles. The number of hydrogen-bond acceptors (Lipinski definition) is 6. The van der Waals surface area contributed by atoms with Crippen LogP contribution in [0, 0.1) is 24.0 Å². The molecule has 27 heavy (non-hydrogen) atoms. The van der Waals surface area contributed by atoms with Crippen LogP contribution < -0.4 is 5.32 Å². The van der Waals surface area contributed by atoms with E-state index < -0.39 is 16.9 Å². The minimum Gasteiger partial charge on any atom is -0.386 e. The Morgan fingerprint density at radius 2 is 1.70 bits per heavy atom. The van der Waals surface area contributed by atoms with Crippen LogP contribution in [-0.4, -0.2) is 16.9 Å². The number of rotatable bonds is 3. The van der Waals surface area contributed by atoms with Crippen LogP contribution in [0.25, 0.3) is 10.8 Å². The largest absolute Gasteiger partial charge is 0.386 e. The van der Waals surface area contributed by atoms with Crippen LogP contribution in [0.1, 0.15) is 31.8 Å². The molecule has 3 aromatic rings. The highest BCUT2D eigenvalue weighted by atomic mass is 16.6. The number of carbonyl (C=O) groups is 2. The zero-order valence-electron chi connectivity index (χ0n) is 14.5. The Hall–Kier alpha value is -3.74. The van der Waals surface area contributed by atoms with Gasteiger partial charge >= 0.3 is 11.9 Å². The zero-order chi connectivity index (χ0) is 19.3. The molecule has 0 spiro atoms. The molecular formula is C20H14N2O5. The number of hydrogen-bond donors (Lipinski definition) is 1. The smallest absolute Gasteiger partial charge is 0.346 e. The van der Waals surface area contributed by atoms with Crippen molar-refractivity contribution in [2.45, 2.75) is 13.8 Å². The van der Waals surface area contributed by atoms with Crippen molar-refractivity contribution in [2.24, 2.45) is 0 Å². The van der Waals surface area contributed by atoms with Gasteiger partial charge in [-0.25, -0.2) is 9.59 Å². The predicted molar refractivity (Wildman–Crippen MR) is 99.5 cm³/mol. The summed E-state index contributed by atoms with van der Waals surface area (Å²) in [6.07, 6.45) is 0. The Morgan fingerprint density at radius 1 is 0.963 bits per heavy atom. The van der Waals surface area contributed by atoms with E-state index in [0.717, 1.165) is 17.2 Å². The van der Waals surface area contributed by atoms with Crippen molar-refractivity contribution in [3.8, 4) is 0 Å². The Morgan fingerprint density at radius 3 is 2.41 bits per heavy atom. The minimum absolute atomic E-state index is 0.0116. The third-order valence-electron chi connectivity index (χ3n) is 4.74. The number of ether oxygens (including phenoxy) is 1. The van der Waals surface area contributed by atoms with Crippen molar-refractivity contribution in [3.63, 3.8) is 0 Å². The normalized spacial score (nSPS) is 12.8. The van der Waals surface area contributed by atoms with Crippen molar-refractivity contribution in [2.75, 3.05) is 5.32 Å². The Bertz CT molecular complexity index is 1170. The Balaban J connectivity index is 2.02. The van der Waals surface area contributed by atoms with E-state index in [9.17, 15) is 19.7 Å². The second kappa shape index (κ2) is 5.91. The van der Waals surface area contributed by atoms with Crippen molar-refractivity contribution >= 4 is 39.8 Å². The summed E-state index contributed by atoms with van der Waals surface area (Å²) < 4.78 is 4.70. The molecule has 0 atom stereocenters. The summed E-state index contributed by atoms with van der Waals surface area (Å²) in [7, 11) is 0. The topological polar surface area (TPSA) is 98.5 Å². The van der Waals surface area contributed by atoms with E-state index in [0.29, 0.717) is 16.5 Å². The van der Waals surface area contributed by atoms with Gasteiger partial charge in [0.2, 0.25) is 0 Å². The summed E-state index contributed by atoms with van der Waals surface area (Å²) in [6.45, 7) is 3.92. The number of nitrogens with zero attached hydrogens (tertiary/aromatic N) is 1. The van der Waals surface area contributed by atoms with Gasteiger partial charge in [0.1, 0.15) is 5.69 Å². The molecule has 1 aliphatic heterocycles. The van der Waals surface area contributed by atoms with E-state index in [-0.39, 0.29) is 22.5 Å². The number of esters is 2. The highest BCUT2D eigenvalue weighted by molar-refractivity contribution is 6.23. The lowest BCUT2D eigenvalue weighted by atomic mass is 9.95. The summed E-state index contributed by atoms with van der Waals surface area (Å²) in [5.74, 6) is -1.64. The third-order valence-corrected chi connectivity index (χ3v) is 4.74. The van der Waals surface area contributed by atoms with Crippen LogP contribution in [0.3, 0.4) is 0 Å². The van der Waals surface area contributed by atoms with Gasteiger partial charge in [-0.1, -0.05) is 18.2 Å². The van der Waals surface area contributed by atoms with Crippen molar-refractivity contribution in [3.05, 3.63) is 74.8 Å². The molecule has 4 rings (SSSR count). The maximum Gasteiger partial charge on any atom is 0.346 e. The molecule has 7 heteroatoms. The van der Waals surface area contributed by atoms with Gasteiger partial charge in [0.15, 0.2) is 0 Å². The molecule has 134 valence electrons. The lowest BCUT2D eigenvalue weighted by Crippen LogP contribution is -2.20. The molecule has 0 aliphatic carbocycles. The molecule has 3 aromatic carbocycles. The average molecular weight is 362 g/mol. The predicted octanol–water partition coefficient (Wildman–Crippen LogP) is 4.42. The molecule has 0 aromatic heterocycles. The van der Waals surface area contributed by atoms with Gasteiger partial charge in [0, 0.05) is 22.5 Å². The summed E-state index contributed by atoms with van der Waals surface area (Å²) in [5.41, 5.74) is 2.99. The molecule has 0 amide bonds. The second-order valence-corrected chi connectivity index (χ2v) is 6.40. The fraction of sp³-hybridized carbons (Fsp3) is 0.100. The Kier molecular flexibility index (Phi) is 3.66. The molecule has 0 fully saturated rings. The highest BCUT2D eigenvalue weighted by Crippen LogP contribution is 2.41. The monoisotopic (exact) mass is 362 g/mol. The average Bonchev–Trinajstić information content (AvgIpc) is 2.63. The summed E-state index contributed by atoms with van der Waals surface area (Å²) >= 11 is 0. The van der Waals surface area contributed by atoms with Crippen LogP contribution in [0.4, 0.5) is 17.1 Å². The SMILES string of the molecule is Cc1ccc(Nc2c([N+](=O)[O-])cc3c4c(cccc24)C(=O)OC3=O)cc1C. The first kappa shape index (κ1) is 16.7. The van der Waals surface area contributed by atoms with Crippen molar-refractivity contribution in [1.29, 1.82) is 0 Å². The van der Waals surface area contributed by atoms with E-state index in [1.54, 1.807) is 12.1 Å². The summed E-state index contributed by atoms with van der Waals surface area (Å²) in [5, 5.41) is 15.5. The number of aryl methyl sites for hydroxylation is 2. The summed E-state index contributed by atoms with van der Waals surface area (Å²) in [4.78, 5) is 35.3. The van der Waals surface area contributed by atoms with Gasteiger partial charge in [0.05, 0.1) is 16.1 Å². The lowest BCUT2D eigenvalue weighted by Gasteiger charge is -2.18. The van der Waals surface area contributed by atoms with Gasteiger partial charge in [0.25, 0.3) is 5.69 Å². The van der Waals surface area contributed by atoms with Gasteiger partial charge in [-0.3, -0.25) is 10.1 Å². The van der Waals surface area contributed by atoms with Gasteiger partial charge < -0.3 is 10.1 Å². The van der Waals surface area contributed by atoms with Crippen molar-refractivity contribution < 1.29 is 19.2 Å². The molecule has 0 bridgehead atoms. The van der Waals surface area contributed by atoms with Crippen LogP contribution in [0.15, 0.2) is 42.5 Å². The molecule has 0 radical (unpaired) electrons. The van der Waals surface area contributed by atoms with E-state index in [1.807, 2.05) is 32.0 Å². The fourth-order valence-electron chi connectivity index (χ4n) is 3.23. The molecular weight excluding hydrogens is 348 g/mol. The number of nitrogens with one attached hydrogen (secondary N) is 1. The van der Waals surface area contributed by atoms with Gasteiger partial charge in [-0.05, 0) is 43.2 Å². The molecule has 1 aliphatic rings. The van der Waals surface area contributed by atoms with Crippen LogP contribution >= 0.6 is 0 Å². The van der Waals surface area contributed by atoms with Gasteiger partial charge in [-0.15, -0.1) is 0 Å². The van der Waals surface area contributed by atoms with E-state index in [1.165, 1.54) is 6.07 Å². The lowest BCUT2D eigenvalue weighted by molar-refractivity contribution is -0.383. The molecule has 7 nitrogen and oxygen atoms in total. The van der Waals surface area contributed by atoms with Crippen LogP contribution in [0.2, 0.25) is 0 Å². The quantitative estimate of drug-likeness (QED) is 0.320. The van der Waals surface area contributed by atoms with E-state index in [4.69, 9.17) is 4.74 Å².